The molecule has 0 N–H and O–H groups in total. The summed E-state index contributed by atoms with van der Waals surface area (Å²) in [5.74, 6) is 2.71. The zero-order chi connectivity index (χ0) is 25.2. The lowest BCUT2D eigenvalue weighted by Crippen LogP contribution is -2.34. The molecule has 5 nitrogen and oxygen atoms in total. The standard InChI is InChI=1S/C31H38N4O/c1-6-36-28-15-13-27(14-16-28)35-23(4)29-22(3)32-33-31(30(29)24(35)5)34-19-17-26(18-20-34)12-11-25-9-7-21(2)8-10-25/h7-10,13-16,26H,6,11-12,17-20H2,1-5H3. The molecule has 1 aliphatic rings. The molecule has 0 spiro atoms. The van der Waals surface area contributed by atoms with Crippen molar-refractivity contribution in [2.45, 2.75) is 60.3 Å². The van der Waals surface area contributed by atoms with Crippen LogP contribution in [0.4, 0.5) is 5.82 Å². The van der Waals surface area contributed by atoms with Gasteiger partial charge in [-0.25, -0.2) is 0 Å². The Hall–Kier alpha value is -3.34. The maximum atomic E-state index is 5.65. The summed E-state index contributed by atoms with van der Waals surface area (Å²) < 4.78 is 8.00. The lowest BCUT2D eigenvalue weighted by molar-refractivity contribution is 0.340. The SMILES string of the molecule is CCOc1ccc(-n2c(C)c3c(C)nnc(N4CCC(CCc5ccc(C)cc5)CC4)c3c2C)cc1. The summed E-state index contributed by atoms with van der Waals surface area (Å²) in [7, 11) is 0. The van der Waals surface area contributed by atoms with Gasteiger partial charge in [0, 0.05) is 40.9 Å². The molecule has 188 valence electrons. The molecule has 4 aromatic rings. The van der Waals surface area contributed by atoms with E-state index in [2.05, 4.69) is 78.7 Å². The predicted octanol–water partition coefficient (Wildman–Crippen LogP) is 6.90. The van der Waals surface area contributed by atoms with Gasteiger partial charge in [0.15, 0.2) is 5.82 Å². The minimum atomic E-state index is 0.674. The molecule has 0 aliphatic carbocycles. The van der Waals surface area contributed by atoms with Crippen molar-refractivity contribution in [1.82, 2.24) is 14.8 Å². The number of hydrogen-bond acceptors (Lipinski definition) is 4. The Kier molecular flexibility index (Phi) is 6.99. The number of anilines is 1. The number of aromatic nitrogens is 3. The molecule has 5 rings (SSSR count). The Bertz CT molecular complexity index is 1330. The van der Waals surface area contributed by atoms with E-state index in [-0.39, 0.29) is 0 Å². The quantitative estimate of drug-likeness (QED) is 0.287. The molecule has 2 aromatic carbocycles. The van der Waals surface area contributed by atoms with Crippen molar-refractivity contribution in [2.24, 2.45) is 5.92 Å². The molecule has 1 fully saturated rings. The van der Waals surface area contributed by atoms with Crippen molar-refractivity contribution < 1.29 is 4.74 Å². The van der Waals surface area contributed by atoms with E-state index >= 15 is 0 Å². The van der Waals surface area contributed by atoms with Crippen molar-refractivity contribution in [3.8, 4) is 11.4 Å². The van der Waals surface area contributed by atoms with Gasteiger partial charge in [-0.2, -0.15) is 5.10 Å². The number of ether oxygens (including phenoxy) is 1. The highest BCUT2D eigenvalue weighted by Gasteiger charge is 2.26. The van der Waals surface area contributed by atoms with Crippen LogP contribution in [0.5, 0.6) is 5.75 Å². The summed E-state index contributed by atoms with van der Waals surface area (Å²) in [4.78, 5) is 2.46. The van der Waals surface area contributed by atoms with E-state index in [1.807, 2.05) is 19.1 Å². The maximum Gasteiger partial charge on any atom is 0.161 e. The van der Waals surface area contributed by atoms with E-state index in [0.29, 0.717) is 6.61 Å². The summed E-state index contributed by atoms with van der Waals surface area (Å²) in [6.45, 7) is 13.4. The third-order valence-electron chi connectivity index (χ3n) is 7.81. The maximum absolute atomic E-state index is 5.65. The van der Waals surface area contributed by atoms with Gasteiger partial charge in [0.05, 0.1) is 12.3 Å². The molecule has 36 heavy (non-hydrogen) atoms. The first-order chi connectivity index (χ1) is 17.5. The van der Waals surface area contributed by atoms with Crippen molar-refractivity contribution in [3.05, 3.63) is 76.7 Å². The molecule has 0 atom stereocenters. The summed E-state index contributed by atoms with van der Waals surface area (Å²) >= 11 is 0. The Morgan fingerprint density at radius 3 is 2.17 bits per heavy atom. The molecule has 0 amide bonds. The Labute approximate surface area is 215 Å². The van der Waals surface area contributed by atoms with Gasteiger partial charge < -0.3 is 14.2 Å². The lowest BCUT2D eigenvalue weighted by Gasteiger charge is -2.33. The van der Waals surface area contributed by atoms with E-state index in [4.69, 9.17) is 9.84 Å². The second-order valence-electron chi connectivity index (χ2n) is 10.2. The minimum absolute atomic E-state index is 0.674. The Morgan fingerprint density at radius 1 is 0.833 bits per heavy atom. The van der Waals surface area contributed by atoms with Gasteiger partial charge in [0.2, 0.25) is 0 Å². The summed E-state index contributed by atoms with van der Waals surface area (Å²) in [5, 5.41) is 11.8. The highest BCUT2D eigenvalue weighted by Crippen LogP contribution is 2.37. The van der Waals surface area contributed by atoms with Crippen molar-refractivity contribution in [2.75, 3.05) is 24.6 Å². The fourth-order valence-corrected chi connectivity index (χ4v) is 5.80. The van der Waals surface area contributed by atoms with Crippen molar-refractivity contribution in [3.63, 3.8) is 0 Å². The highest BCUT2D eigenvalue weighted by molar-refractivity contribution is 5.98. The van der Waals surface area contributed by atoms with E-state index in [1.54, 1.807) is 0 Å². The van der Waals surface area contributed by atoms with Gasteiger partial charge in [-0.05, 0) is 96.0 Å². The van der Waals surface area contributed by atoms with Gasteiger partial charge in [0.1, 0.15) is 5.75 Å². The van der Waals surface area contributed by atoms with Crippen LogP contribution in [-0.2, 0) is 6.42 Å². The zero-order valence-electron chi connectivity index (χ0n) is 22.3. The van der Waals surface area contributed by atoms with Crippen LogP contribution in [0.3, 0.4) is 0 Å². The van der Waals surface area contributed by atoms with Crippen LogP contribution in [0, 0.1) is 33.6 Å². The number of piperidine rings is 1. The molecule has 0 saturated carbocycles. The van der Waals surface area contributed by atoms with Gasteiger partial charge >= 0.3 is 0 Å². The number of nitrogens with zero attached hydrogens (tertiary/aromatic N) is 4. The van der Waals surface area contributed by atoms with Crippen LogP contribution in [0.1, 0.15) is 54.4 Å². The second-order valence-corrected chi connectivity index (χ2v) is 10.2. The smallest absolute Gasteiger partial charge is 0.161 e. The number of hydrogen-bond donors (Lipinski definition) is 0. The number of aryl methyl sites for hydroxylation is 5. The fraction of sp³-hybridized carbons (Fsp3) is 0.419. The van der Waals surface area contributed by atoms with E-state index in [0.717, 1.165) is 42.0 Å². The monoisotopic (exact) mass is 482 g/mol. The van der Waals surface area contributed by atoms with Crippen LogP contribution in [0.2, 0.25) is 0 Å². The molecule has 1 saturated heterocycles. The van der Waals surface area contributed by atoms with E-state index in [1.165, 1.54) is 59.0 Å². The summed E-state index contributed by atoms with van der Waals surface area (Å²) in [6.07, 6.45) is 4.85. The molecular formula is C31H38N4O. The molecule has 5 heteroatoms. The van der Waals surface area contributed by atoms with Crippen LogP contribution in [0.15, 0.2) is 48.5 Å². The van der Waals surface area contributed by atoms with Crippen LogP contribution < -0.4 is 9.64 Å². The second kappa shape index (κ2) is 10.3. The first kappa shape index (κ1) is 24.4. The zero-order valence-corrected chi connectivity index (χ0v) is 22.3. The van der Waals surface area contributed by atoms with E-state index < -0.39 is 0 Å². The van der Waals surface area contributed by atoms with Gasteiger partial charge in [-0.1, -0.05) is 29.8 Å². The van der Waals surface area contributed by atoms with Crippen LogP contribution in [-0.4, -0.2) is 34.5 Å². The van der Waals surface area contributed by atoms with Crippen molar-refractivity contribution in [1.29, 1.82) is 0 Å². The number of rotatable bonds is 7. The Morgan fingerprint density at radius 2 is 1.50 bits per heavy atom. The molecule has 0 radical (unpaired) electrons. The highest BCUT2D eigenvalue weighted by atomic mass is 16.5. The first-order valence-corrected chi connectivity index (χ1v) is 13.3. The minimum Gasteiger partial charge on any atom is -0.494 e. The molecule has 3 heterocycles. The Balaban J connectivity index is 1.37. The number of benzene rings is 2. The van der Waals surface area contributed by atoms with Crippen LogP contribution in [0.25, 0.3) is 16.5 Å². The fourth-order valence-electron chi connectivity index (χ4n) is 5.80. The molecule has 1 aliphatic heterocycles. The molecule has 0 bridgehead atoms. The summed E-state index contributed by atoms with van der Waals surface area (Å²) in [6, 6.07) is 17.4. The largest absolute Gasteiger partial charge is 0.494 e. The molecular weight excluding hydrogens is 444 g/mol. The molecule has 2 aromatic heterocycles. The average molecular weight is 483 g/mol. The van der Waals surface area contributed by atoms with Gasteiger partial charge in [0.25, 0.3) is 0 Å². The first-order valence-electron chi connectivity index (χ1n) is 13.3. The van der Waals surface area contributed by atoms with Crippen LogP contribution >= 0.6 is 0 Å². The van der Waals surface area contributed by atoms with Gasteiger partial charge in [-0.3, -0.25) is 0 Å². The van der Waals surface area contributed by atoms with E-state index in [9.17, 15) is 0 Å². The predicted molar refractivity (Wildman–Crippen MR) is 149 cm³/mol. The van der Waals surface area contributed by atoms with Crippen molar-refractivity contribution >= 4 is 16.6 Å². The average Bonchev–Trinajstić information content (AvgIpc) is 3.16. The third kappa shape index (κ3) is 4.71. The van der Waals surface area contributed by atoms with Gasteiger partial charge in [-0.15, -0.1) is 5.10 Å². The summed E-state index contributed by atoms with van der Waals surface area (Å²) in [5.41, 5.74) is 7.36. The topological polar surface area (TPSA) is 43.2 Å². The lowest BCUT2D eigenvalue weighted by atomic mass is 9.90. The normalized spacial score (nSPS) is 14.5. The third-order valence-corrected chi connectivity index (χ3v) is 7.81. The number of fused-ring (bicyclic) bond motifs is 1. The molecule has 0 unspecified atom stereocenters.